The molecule has 95 valence electrons. The lowest BCUT2D eigenvalue weighted by Crippen LogP contribution is -1.83. The summed E-state index contributed by atoms with van der Waals surface area (Å²) in [6, 6.07) is 7.78. The van der Waals surface area contributed by atoms with Gasteiger partial charge in [-0.2, -0.15) is 0 Å². The van der Waals surface area contributed by atoms with E-state index < -0.39 is 0 Å². The Morgan fingerprint density at radius 3 is 2.74 bits per heavy atom. The Balaban J connectivity index is 2.04. The maximum atomic E-state index is 5.92. The number of aryl methyl sites for hydroxylation is 1. The van der Waals surface area contributed by atoms with Gasteiger partial charge in [0.05, 0.1) is 10.6 Å². The molecule has 0 aliphatic heterocycles. The van der Waals surface area contributed by atoms with Crippen LogP contribution in [-0.4, -0.2) is 9.97 Å². The van der Waals surface area contributed by atoms with Gasteiger partial charge < -0.3 is 0 Å². The minimum Gasteiger partial charge on any atom is -0.239 e. The van der Waals surface area contributed by atoms with E-state index in [1.807, 2.05) is 24.3 Å². The van der Waals surface area contributed by atoms with E-state index in [2.05, 4.69) is 27.8 Å². The molecular formula is C14H10ClN2S2. The summed E-state index contributed by atoms with van der Waals surface area (Å²) in [5.74, 6) is 0. The number of benzene rings is 1. The molecule has 2 aromatic heterocycles. The molecule has 1 radical (unpaired) electrons. The number of hydrogen-bond donors (Lipinski definition) is 0. The second-order valence-corrected chi connectivity index (χ2v) is 6.08. The summed E-state index contributed by atoms with van der Waals surface area (Å²) >= 11 is 9.06. The zero-order chi connectivity index (χ0) is 13.2. The lowest BCUT2D eigenvalue weighted by atomic mass is 10.1. The largest absolute Gasteiger partial charge is 0.239 e. The molecule has 2 nitrogen and oxygen atoms in total. The minimum absolute atomic E-state index is 0.737. The number of aromatic nitrogens is 2. The molecule has 5 heteroatoms. The average Bonchev–Trinajstić information content (AvgIpc) is 3.07. The summed E-state index contributed by atoms with van der Waals surface area (Å²) in [6.45, 7) is 2.10. The standard InChI is InChI=1S/C14H10ClN2S2/c1-2-11-7-18-14(17-11)12-13(19-8-16-12)9-3-5-10(15)6-4-9/h3-7H,2H2,1H3. The van der Waals surface area contributed by atoms with E-state index in [1.54, 1.807) is 11.3 Å². The molecule has 0 unspecified atom stereocenters. The minimum atomic E-state index is 0.737. The van der Waals surface area contributed by atoms with Gasteiger partial charge in [-0.3, -0.25) is 0 Å². The Hall–Kier alpha value is -1.23. The third-order valence-corrected chi connectivity index (χ3v) is 4.71. The third-order valence-electron chi connectivity index (χ3n) is 2.74. The van der Waals surface area contributed by atoms with E-state index in [0.29, 0.717) is 0 Å². The Morgan fingerprint density at radius 1 is 1.26 bits per heavy atom. The van der Waals surface area contributed by atoms with E-state index in [4.69, 9.17) is 11.6 Å². The van der Waals surface area contributed by atoms with Crippen molar-refractivity contribution in [1.29, 1.82) is 0 Å². The summed E-state index contributed by atoms with van der Waals surface area (Å²) in [4.78, 5) is 10.0. The van der Waals surface area contributed by atoms with Gasteiger partial charge in [0.1, 0.15) is 10.7 Å². The number of hydrogen-bond acceptors (Lipinski definition) is 4. The van der Waals surface area contributed by atoms with Crippen molar-refractivity contribution in [3.8, 4) is 21.1 Å². The monoisotopic (exact) mass is 305 g/mol. The van der Waals surface area contributed by atoms with Crippen molar-refractivity contribution >= 4 is 34.3 Å². The van der Waals surface area contributed by atoms with Crippen LogP contribution in [0.4, 0.5) is 0 Å². The summed E-state index contributed by atoms with van der Waals surface area (Å²) in [7, 11) is 0. The summed E-state index contributed by atoms with van der Waals surface area (Å²) in [6.07, 6.45) is 0.945. The van der Waals surface area contributed by atoms with Gasteiger partial charge in [0.2, 0.25) is 0 Å². The number of halogens is 1. The van der Waals surface area contributed by atoms with Crippen LogP contribution in [0.1, 0.15) is 12.6 Å². The van der Waals surface area contributed by atoms with Gasteiger partial charge in [-0.1, -0.05) is 30.7 Å². The van der Waals surface area contributed by atoms with Gasteiger partial charge in [0.25, 0.3) is 0 Å². The fourth-order valence-electron chi connectivity index (χ4n) is 1.73. The molecule has 2 heterocycles. The highest BCUT2D eigenvalue weighted by atomic mass is 35.5. The quantitative estimate of drug-likeness (QED) is 0.684. The first-order valence-corrected chi connectivity index (χ1v) is 7.93. The summed E-state index contributed by atoms with van der Waals surface area (Å²) in [5, 5.41) is 3.78. The molecule has 0 atom stereocenters. The SMILES string of the molecule is CCc1csc(-c2n[c]sc2-c2ccc(Cl)cc2)n1. The first-order valence-electron chi connectivity index (χ1n) is 5.85. The summed E-state index contributed by atoms with van der Waals surface area (Å²) < 4.78 is 0. The van der Waals surface area contributed by atoms with E-state index in [1.165, 1.54) is 11.3 Å². The van der Waals surface area contributed by atoms with Crippen molar-refractivity contribution in [3.63, 3.8) is 0 Å². The van der Waals surface area contributed by atoms with Crippen LogP contribution in [0.5, 0.6) is 0 Å². The third kappa shape index (κ3) is 2.56. The van der Waals surface area contributed by atoms with Crippen LogP contribution < -0.4 is 0 Å². The fraction of sp³-hybridized carbons (Fsp3) is 0.143. The van der Waals surface area contributed by atoms with Crippen molar-refractivity contribution in [1.82, 2.24) is 9.97 Å². The van der Waals surface area contributed by atoms with Crippen LogP contribution in [-0.2, 0) is 6.42 Å². The zero-order valence-electron chi connectivity index (χ0n) is 10.2. The molecule has 19 heavy (non-hydrogen) atoms. The van der Waals surface area contributed by atoms with Crippen molar-refractivity contribution in [3.05, 3.63) is 45.9 Å². The van der Waals surface area contributed by atoms with Gasteiger partial charge >= 0.3 is 0 Å². The number of rotatable bonds is 3. The van der Waals surface area contributed by atoms with Gasteiger partial charge in [-0.05, 0) is 24.1 Å². The predicted octanol–water partition coefficient (Wildman–Crippen LogP) is 4.95. The van der Waals surface area contributed by atoms with Crippen LogP contribution in [0.15, 0.2) is 29.6 Å². The Labute approximate surface area is 124 Å². The first-order chi connectivity index (χ1) is 9.28. The van der Waals surface area contributed by atoms with Crippen molar-refractivity contribution in [2.45, 2.75) is 13.3 Å². The van der Waals surface area contributed by atoms with Crippen molar-refractivity contribution in [2.24, 2.45) is 0 Å². The maximum Gasteiger partial charge on any atom is 0.153 e. The lowest BCUT2D eigenvalue weighted by Gasteiger charge is -2.00. The highest BCUT2D eigenvalue weighted by molar-refractivity contribution is 7.15. The smallest absolute Gasteiger partial charge is 0.153 e. The molecule has 3 rings (SSSR count). The van der Waals surface area contributed by atoms with Crippen LogP contribution in [0.25, 0.3) is 21.1 Å². The second-order valence-electron chi connectivity index (χ2n) is 3.99. The molecule has 0 bridgehead atoms. The molecule has 0 aliphatic carbocycles. The van der Waals surface area contributed by atoms with Gasteiger partial charge in [0.15, 0.2) is 5.51 Å². The second kappa shape index (κ2) is 5.41. The molecule has 0 N–H and O–H groups in total. The van der Waals surface area contributed by atoms with Crippen LogP contribution in [0.2, 0.25) is 5.02 Å². The highest BCUT2D eigenvalue weighted by Gasteiger charge is 2.14. The fourth-order valence-corrected chi connectivity index (χ4v) is 3.54. The lowest BCUT2D eigenvalue weighted by molar-refractivity contribution is 1.06. The highest BCUT2D eigenvalue weighted by Crippen LogP contribution is 2.36. The van der Waals surface area contributed by atoms with Gasteiger partial charge in [-0.25, -0.2) is 9.97 Å². The molecule has 0 fully saturated rings. The van der Waals surface area contributed by atoms with E-state index >= 15 is 0 Å². The summed E-state index contributed by atoms with van der Waals surface area (Å²) in [5.41, 5.74) is 6.09. The van der Waals surface area contributed by atoms with Crippen LogP contribution in [0, 0.1) is 5.51 Å². The molecule has 3 aromatic rings. The topological polar surface area (TPSA) is 25.8 Å². The predicted molar refractivity (Wildman–Crippen MR) is 81.9 cm³/mol. The average molecular weight is 306 g/mol. The van der Waals surface area contributed by atoms with E-state index in [9.17, 15) is 0 Å². The number of thiazole rings is 2. The van der Waals surface area contributed by atoms with E-state index in [-0.39, 0.29) is 0 Å². The molecule has 0 amide bonds. The maximum absolute atomic E-state index is 5.92. The molecule has 0 aliphatic rings. The van der Waals surface area contributed by atoms with E-state index in [0.717, 1.165) is 38.3 Å². The van der Waals surface area contributed by atoms with Crippen LogP contribution in [0.3, 0.4) is 0 Å². The Morgan fingerprint density at radius 2 is 2.05 bits per heavy atom. The molecule has 0 saturated carbocycles. The normalized spacial score (nSPS) is 10.8. The molecular weight excluding hydrogens is 296 g/mol. The van der Waals surface area contributed by atoms with Crippen molar-refractivity contribution in [2.75, 3.05) is 0 Å². The number of nitrogens with zero attached hydrogens (tertiary/aromatic N) is 2. The zero-order valence-corrected chi connectivity index (χ0v) is 12.6. The Bertz CT molecular complexity index is 686. The Kier molecular flexibility index (Phi) is 3.64. The van der Waals surface area contributed by atoms with Crippen molar-refractivity contribution < 1.29 is 0 Å². The first kappa shape index (κ1) is 12.8. The molecule has 0 saturated heterocycles. The van der Waals surface area contributed by atoms with Gasteiger partial charge in [-0.15, -0.1) is 22.7 Å². The molecule has 1 aromatic carbocycles. The van der Waals surface area contributed by atoms with Gasteiger partial charge in [0, 0.05) is 10.4 Å². The van der Waals surface area contributed by atoms with Crippen LogP contribution >= 0.6 is 34.3 Å². The molecule has 0 spiro atoms.